The van der Waals surface area contributed by atoms with Crippen LogP contribution in [0.5, 0.6) is 0 Å². The van der Waals surface area contributed by atoms with Crippen molar-refractivity contribution in [2.75, 3.05) is 13.1 Å². The highest BCUT2D eigenvalue weighted by Gasteiger charge is 2.27. The van der Waals surface area contributed by atoms with Crippen LogP contribution in [0.2, 0.25) is 0 Å². The standard InChI is InChI=1S/C13H24N4O5/c1-4-7(2)11(17-9(18)5-14)13(22)16-8(3)12(21)15-6-10(19)20/h7-8,11H,4-6,14H2,1-3H3,(H,15,21)(H,16,22)(H,17,18)(H,19,20). The lowest BCUT2D eigenvalue weighted by molar-refractivity contribution is -0.138. The van der Waals surface area contributed by atoms with Gasteiger partial charge < -0.3 is 26.8 Å². The van der Waals surface area contributed by atoms with Crippen molar-refractivity contribution in [1.82, 2.24) is 16.0 Å². The van der Waals surface area contributed by atoms with Crippen LogP contribution in [0, 0.1) is 5.92 Å². The van der Waals surface area contributed by atoms with Crippen molar-refractivity contribution in [3.8, 4) is 0 Å². The molecule has 3 amide bonds. The molecule has 9 heteroatoms. The van der Waals surface area contributed by atoms with Crippen LogP contribution in [0.1, 0.15) is 27.2 Å². The maximum Gasteiger partial charge on any atom is 0.322 e. The monoisotopic (exact) mass is 316 g/mol. The fourth-order valence-electron chi connectivity index (χ4n) is 1.62. The number of nitrogens with two attached hydrogens (primary N) is 1. The lowest BCUT2D eigenvalue weighted by Gasteiger charge is -2.25. The molecule has 6 N–H and O–H groups in total. The van der Waals surface area contributed by atoms with Crippen LogP contribution < -0.4 is 21.7 Å². The molecule has 3 unspecified atom stereocenters. The zero-order valence-electron chi connectivity index (χ0n) is 13.0. The van der Waals surface area contributed by atoms with Crippen LogP contribution in [0.4, 0.5) is 0 Å². The van der Waals surface area contributed by atoms with Crippen LogP contribution in [-0.4, -0.2) is 54.0 Å². The lowest BCUT2D eigenvalue weighted by Crippen LogP contribution is -2.55. The molecule has 0 aliphatic rings. The molecule has 0 radical (unpaired) electrons. The first-order chi connectivity index (χ1) is 10.2. The van der Waals surface area contributed by atoms with Gasteiger partial charge in [0.25, 0.3) is 0 Å². The fraction of sp³-hybridized carbons (Fsp3) is 0.692. The molecule has 126 valence electrons. The summed E-state index contributed by atoms with van der Waals surface area (Å²) in [5, 5.41) is 15.6. The van der Waals surface area contributed by atoms with Crippen LogP contribution in [0.3, 0.4) is 0 Å². The van der Waals surface area contributed by atoms with Crippen LogP contribution >= 0.6 is 0 Å². The van der Waals surface area contributed by atoms with Gasteiger partial charge in [0.1, 0.15) is 18.6 Å². The molecule has 0 aliphatic heterocycles. The Morgan fingerprint density at radius 1 is 1.09 bits per heavy atom. The summed E-state index contributed by atoms with van der Waals surface area (Å²) < 4.78 is 0. The number of hydrogen-bond donors (Lipinski definition) is 5. The van der Waals surface area contributed by atoms with Gasteiger partial charge in [-0.1, -0.05) is 20.3 Å². The van der Waals surface area contributed by atoms with E-state index in [9.17, 15) is 19.2 Å². The van der Waals surface area contributed by atoms with E-state index in [1.165, 1.54) is 6.92 Å². The fourth-order valence-corrected chi connectivity index (χ4v) is 1.62. The van der Waals surface area contributed by atoms with Gasteiger partial charge in [-0.05, 0) is 12.8 Å². The van der Waals surface area contributed by atoms with Crippen molar-refractivity contribution in [1.29, 1.82) is 0 Å². The van der Waals surface area contributed by atoms with Gasteiger partial charge in [-0.2, -0.15) is 0 Å². The van der Waals surface area contributed by atoms with Gasteiger partial charge in [-0.25, -0.2) is 0 Å². The Labute approximate surface area is 129 Å². The molecule has 0 aromatic heterocycles. The number of carboxylic acid groups (broad SMARTS) is 1. The Bertz CT molecular complexity index is 427. The first-order valence-electron chi connectivity index (χ1n) is 7.02. The van der Waals surface area contributed by atoms with Crippen LogP contribution in [-0.2, 0) is 19.2 Å². The highest BCUT2D eigenvalue weighted by molar-refractivity contribution is 5.93. The summed E-state index contributed by atoms with van der Waals surface area (Å²) in [4.78, 5) is 45.6. The third kappa shape index (κ3) is 7.02. The smallest absolute Gasteiger partial charge is 0.322 e. The van der Waals surface area contributed by atoms with E-state index >= 15 is 0 Å². The minimum Gasteiger partial charge on any atom is -0.480 e. The Hall–Kier alpha value is -2.16. The molecule has 0 aromatic carbocycles. The van der Waals surface area contributed by atoms with E-state index in [2.05, 4.69) is 16.0 Å². The average Bonchev–Trinajstić information content (AvgIpc) is 2.48. The SMILES string of the molecule is CCC(C)C(NC(=O)CN)C(=O)NC(C)C(=O)NCC(=O)O. The molecule has 22 heavy (non-hydrogen) atoms. The van der Waals surface area contributed by atoms with Crippen molar-refractivity contribution in [3.63, 3.8) is 0 Å². The molecule has 9 nitrogen and oxygen atoms in total. The molecule has 0 aliphatic carbocycles. The minimum atomic E-state index is -1.18. The Kier molecular flexibility index (Phi) is 8.76. The Balaban J connectivity index is 4.69. The summed E-state index contributed by atoms with van der Waals surface area (Å²) in [6, 6.07) is -1.73. The molecular weight excluding hydrogens is 292 g/mol. The van der Waals surface area contributed by atoms with E-state index in [0.717, 1.165) is 0 Å². The molecule has 0 bridgehead atoms. The van der Waals surface area contributed by atoms with Gasteiger partial charge in [0.2, 0.25) is 17.7 Å². The quantitative estimate of drug-likeness (QED) is 0.338. The summed E-state index contributed by atoms with van der Waals surface area (Å²) >= 11 is 0. The van der Waals surface area contributed by atoms with Crippen molar-refractivity contribution in [2.45, 2.75) is 39.3 Å². The van der Waals surface area contributed by atoms with E-state index in [-0.39, 0.29) is 12.5 Å². The minimum absolute atomic E-state index is 0.148. The van der Waals surface area contributed by atoms with E-state index in [1.807, 2.05) is 6.92 Å². The summed E-state index contributed by atoms with van der Waals surface area (Å²) in [6.07, 6.45) is 0.641. The summed E-state index contributed by atoms with van der Waals surface area (Å²) in [5.74, 6) is -2.94. The predicted molar refractivity (Wildman–Crippen MR) is 78.7 cm³/mol. The van der Waals surface area contributed by atoms with E-state index in [1.54, 1.807) is 6.92 Å². The van der Waals surface area contributed by atoms with Crippen molar-refractivity contribution < 1.29 is 24.3 Å². The van der Waals surface area contributed by atoms with E-state index < -0.39 is 42.3 Å². The van der Waals surface area contributed by atoms with Crippen molar-refractivity contribution >= 4 is 23.7 Å². The highest BCUT2D eigenvalue weighted by Crippen LogP contribution is 2.08. The zero-order valence-corrected chi connectivity index (χ0v) is 13.0. The maximum atomic E-state index is 12.2. The number of rotatable bonds is 9. The Morgan fingerprint density at radius 3 is 2.14 bits per heavy atom. The van der Waals surface area contributed by atoms with Gasteiger partial charge in [-0.15, -0.1) is 0 Å². The lowest BCUT2D eigenvalue weighted by atomic mass is 9.98. The molecule has 0 saturated carbocycles. The number of aliphatic carboxylic acids is 1. The van der Waals surface area contributed by atoms with Crippen molar-refractivity contribution in [3.05, 3.63) is 0 Å². The highest BCUT2D eigenvalue weighted by atomic mass is 16.4. The van der Waals surface area contributed by atoms with Crippen LogP contribution in [0.15, 0.2) is 0 Å². The van der Waals surface area contributed by atoms with Gasteiger partial charge >= 0.3 is 5.97 Å². The largest absolute Gasteiger partial charge is 0.480 e. The number of nitrogens with one attached hydrogen (secondary N) is 3. The number of hydrogen-bond acceptors (Lipinski definition) is 5. The number of carboxylic acids is 1. The molecule has 0 rings (SSSR count). The second-order valence-corrected chi connectivity index (χ2v) is 4.98. The van der Waals surface area contributed by atoms with Gasteiger partial charge in [-0.3, -0.25) is 19.2 Å². The summed E-state index contributed by atoms with van der Waals surface area (Å²) in [6.45, 7) is 4.30. The molecule has 3 atom stereocenters. The second-order valence-electron chi connectivity index (χ2n) is 4.98. The van der Waals surface area contributed by atoms with Crippen molar-refractivity contribution in [2.24, 2.45) is 11.7 Å². The zero-order chi connectivity index (χ0) is 17.3. The normalized spacial score (nSPS) is 14.4. The first kappa shape index (κ1) is 19.8. The van der Waals surface area contributed by atoms with E-state index in [4.69, 9.17) is 10.8 Å². The number of amides is 3. The third-order valence-corrected chi connectivity index (χ3v) is 3.16. The first-order valence-corrected chi connectivity index (χ1v) is 7.02. The predicted octanol–water partition coefficient (Wildman–Crippen LogP) is -1.82. The maximum absolute atomic E-state index is 12.2. The van der Waals surface area contributed by atoms with Crippen LogP contribution in [0.25, 0.3) is 0 Å². The summed E-state index contributed by atoms with van der Waals surface area (Å²) in [5.41, 5.74) is 5.22. The average molecular weight is 316 g/mol. The molecular formula is C13H24N4O5. The molecule has 0 spiro atoms. The number of carbonyl (C=O) groups excluding carboxylic acids is 3. The molecule has 0 saturated heterocycles. The molecule has 0 heterocycles. The molecule has 0 aromatic rings. The Morgan fingerprint density at radius 2 is 1.68 bits per heavy atom. The summed E-state index contributed by atoms with van der Waals surface area (Å²) in [7, 11) is 0. The second kappa shape index (κ2) is 9.72. The topological polar surface area (TPSA) is 151 Å². The van der Waals surface area contributed by atoms with Gasteiger partial charge in [0.05, 0.1) is 6.54 Å². The third-order valence-electron chi connectivity index (χ3n) is 3.16. The van der Waals surface area contributed by atoms with Gasteiger partial charge in [0.15, 0.2) is 0 Å². The van der Waals surface area contributed by atoms with Gasteiger partial charge in [0, 0.05) is 0 Å². The van der Waals surface area contributed by atoms with E-state index in [0.29, 0.717) is 6.42 Å². The number of carbonyl (C=O) groups is 4. The molecule has 0 fully saturated rings.